The Balaban J connectivity index is 1.93. The molecule has 0 aliphatic carbocycles. The fourth-order valence-electron chi connectivity index (χ4n) is 2.90. The van der Waals surface area contributed by atoms with Gasteiger partial charge in [0.25, 0.3) is 10.0 Å². The molecule has 0 radical (unpaired) electrons. The summed E-state index contributed by atoms with van der Waals surface area (Å²) in [6.45, 7) is 2.25. The first-order chi connectivity index (χ1) is 11.9. The number of benzene rings is 2. The van der Waals surface area contributed by atoms with Crippen molar-refractivity contribution in [1.82, 2.24) is 9.19 Å². The molecule has 1 aromatic heterocycles. The lowest BCUT2D eigenvalue weighted by atomic mass is 10.1. The molecule has 0 amide bonds. The summed E-state index contributed by atoms with van der Waals surface area (Å²) < 4.78 is 40.3. The molecule has 1 aliphatic rings. The molecular weight excluding hydrogens is 365 g/mol. The van der Waals surface area contributed by atoms with E-state index in [1.54, 1.807) is 47.4 Å². The number of fused-ring (bicyclic) bond motifs is 1. The van der Waals surface area contributed by atoms with Crippen LogP contribution in [0.25, 0.3) is 10.9 Å². The topological polar surface area (TPSA) is 55.2 Å². The van der Waals surface area contributed by atoms with Crippen LogP contribution in [0.2, 0.25) is 5.02 Å². The van der Waals surface area contributed by atoms with Crippen LogP contribution in [0.3, 0.4) is 0 Å². The van der Waals surface area contributed by atoms with Crippen molar-refractivity contribution >= 4 is 38.3 Å². The molecule has 0 atom stereocenters. The third-order valence-corrected chi connectivity index (χ3v) is 6.21. The third kappa shape index (κ3) is 2.58. The van der Waals surface area contributed by atoms with Gasteiger partial charge in [0.15, 0.2) is 5.82 Å². The summed E-state index contributed by atoms with van der Waals surface area (Å²) in [4.78, 5) is 1.83. The Hall–Kier alpha value is -2.12. The van der Waals surface area contributed by atoms with Crippen LogP contribution < -0.4 is 4.90 Å². The Bertz CT molecular complexity index is 1060. The fourth-order valence-corrected chi connectivity index (χ4v) is 4.43. The molecule has 0 unspecified atom stereocenters. The van der Waals surface area contributed by atoms with E-state index in [0.29, 0.717) is 21.7 Å². The maximum atomic E-state index is 13.3. The van der Waals surface area contributed by atoms with Crippen molar-refractivity contribution in [1.29, 1.82) is 0 Å². The SMILES string of the molecule is Cc1ccc(S(=O)(=O)n2nc(N3CC(F)C3)c3c(Cl)cccc32)cc1. The smallest absolute Gasteiger partial charge is 0.283 e. The van der Waals surface area contributed by atoms with Gasteiger partial charge in [-0.15, -0.1) is 5.10 Å². The summed E-state index contributed by atoms with van der Waals surface area (Å²) in [6, 6.07) is 11.5. The monoisotopic (exact) mass is 379 g/mol. The van der Waals surface area contributed by atoms with Gasteiger partial charge in [-0.1, -0.05) is 35.4 Å². The summed E-state index contributed by atoms with van der Waals surface area (Å²) in [5, 5.41) is 5.19. The summed E-state index contributed by atoms with van der Waals surface area (Å²) in [5.74, 6) is 0.394. The van der Waals surface area contributed by atoms with E-state index in [-0.39, 0.29) is 18.0 Å². The Kier molecular flexibility index (Phi) is 3.73. The van der Waals surface area contributed by atoms with E-state index < -0.39 is 16.2 Å². The number of rotatable bonds is 3. The van der Waals surface area contributed by atoms with Crippen LogP contribution in [-0.4, -0.2) is 36.9 Å². The lowest BCUT2D eigenvalue weighted by Crippen LogP contribution is -2.48. The molecule has 4 rings (SSSR count). The van der Waals surface area contributed by atoms with Gasteiger partial charge in [-0.3, -0.25) is 0 Å². The molecule has 1 fully saturated rings. The van der Waals surface area contributed by atoms with Crippen molar-refractivity contribution in [3.05, 3.63) is 53.1 Å². The van der Waals surface area contributed by atoms with Crippen LogP contribution in [0.5, 0.6) is 0 Å². The zero-order chi connectivity index (χ0) is 17.8. The van der Waals surface area contributed by atoms with E-state index in [2.05, 4.69) is 5.10 Å². The highest BCUT2D eigenvalue weighted by molar-refractivity contribution is 7.90. The predicted octanol–water partition coefficient (Wildman–Crippen LogP) is 3.39. The van der Waals surface area contributed by atoms with Gasteiger partial charge in [0, 0.05) is 0 Å². The van der Waals surface area contributed by atoms with Crippen molar-refractivity contribution in [3.63, 3.8) is 0 Å². The second kappa shape index (κ2) is 5.71. The van der Waals surface area contributed by atoms with Crippen molar-refractivity contribution < 1.29 is 12.8 Å². The number of hydrogen-bond donors (Lipinski definition) is 0. The highest BCUT2D eigenvalue weighted by Crippen LogP contribution is 2.36. The molecule has 0 saturated carbocycles. The summed E-state index contributed by atoms with van der Waals surface area (Å²) in [6.07, 6.45) is -0.934. The fraction of sp³-hybridized carbons (Fsp3) is 0.235. The molecule has 5 nitrogen and oxygen atoms in total. The minimum atomic E-state index is -3.88. The second-order valence-corrected chi connectivity index (χ2v) is 8.30. The van der Waals surface area contributed by atoms with Crippen molar-refractivity contribution in [2.45, 2.75) is 18.0 Å². The van der Waals surface area contributed by atoms with E-state index in [9.17, 15) is 12.8 Å². The molecule has 0 spiro atoms. The predicted molar refractivity (Wildman–Crippen MR) is 95.6 cm³/mol. The zero-order valence-electron chi connectivity index (χ0n) is 13.4. The number of hydrogen-bond acceptors (Lipinski definition) is 4. The van der Waals surface area contributed by atoms with Crippen molar-refractivity contribution in [2.75, 3.05) is 18.0 Å². The molecule has 2 heterocycles. The number of halogens is 2. The minimum absolute atomic E-state index is 0.140. The first-order valence-corrected chi connectivity index (χ1v) is 9.58. The largest absolute Gasteiger partial charge is 0.349 e. The quantitative estimate of drug-likeness (QED) is 0.700. The second-order valence-electron chi connectivity index (χ2n) is 6.12. The van der Waals surface area contributed by atoms with Crippen LogP contribution in [0, 0.1) is 6.92 Å². The molecule has 2 aromatic carbocycles. The van der Waals surface area contributed by atoms with Gasteiger partial charge in [0.1, 0.15) is 6.17 Å². The van der Waals surface area contributed by atoms with Crippen LogP contribution >= 0.6 is 11.6 Å². The molecule has 1 aliphatic heterocycles. The first kappa shape index (κ1) is 16.4. The summed E-state index contributed by atoms with van der Waals surface area (Å²) in [5.41, 5.74) is 1.34. The maximum absolute atomic E-state index is 13.3. The third-order valence-electron chi connectivity index (χ3n) is 4.29. The highest BCUT2D eigenvalue weighted by atomic mass is 35.5. The van der Waals surface area contributed by atoms with E-state index in [0.717, 1.165) is 9.65 Å². The average Bonchev–Trinajstić information content (AvgIpc) is 2.94. The number of nitrogens with zero attached hydrogens (tertiary/aromatic N) is 3. The Morgan fingerprint density at radius 1 is 1.16 bits per heavy atom. The molecule has 1 saturated heterocycles. The molecule has 25 heavy (non-hydrogen) atoms. The van der Waals surface area contributed by atoms with Gasteiger partial charge in [-0.2, -0.15) is 12.5 Å². The van der Waals surface area contributed by atoms with Gasteiger partial charge < -0.3 is 4.90 Å². The molecule has 0 N–H and O–H groups in total. The molecular formula is C17H15ClFN3O2S. The molecule has 0 bridgehead atoms. The molecule has 3 aromatic rings. The molecule has 8 heteroatoms. The van der Waals surface area contributed by atoms with Gasteiger partial charge in [0.2, 0.25) is 0 Å². The average molecular weight is 380 g/mol. The summed E-state index contributed by atoms with van der Waals surface area (Å²) >= 11 is 6.29. The Labute approximate surface area is 149 Å². The van der Waals surface area contributed by atoms with Crippen molar-refractivity contribution in [3.8, 4) is 0 Å². The van der Waals surface area contributed by atoms with E-state index in [1.165, 1.54) is 0 Å². The van der Waals surface area contributed by atoms with Crippen molar-refractivity contribution in [2.24, 2.45) is 0 Å². The van der Waals surface area contributed by atoms with Gasteiger partial charge in [-0.25, -0.2) is 4.39 Å². The van der Waals surface area contributed by atoms with Gasteiger partial charge in [0.05, 0.1) is 33.9 Å². The van der Waals surface area contributed by atoms with Gasteiger partial charge in [-0.05, 0) is 31.2 Å². The van der Waals surface area contributed by atoms with Crippen LogP contribution in [0.1, 0.15) is 5.56 Å². The number of anilines is 1. The van der Waals surface area contributed by atoms with E-state index in [4.69, 9.17) is 11.6 Å². The Morgan fingerprint density at radius 3 is 2.48 bits per heavy atom. The lowest BCUT2D eigenvalue weighted by molar-refractivity contribution is 0.274. The zero-order valence-corrected chi connectivity index (χ0v) is 14.9. The van der Waals surface area contributed by atoms with E-state index in [1.807, 2.05) is 6.92 Å². The first-order valence-electron chi connectivity index (χ1n) is 7.76. The number of alkyl halides is 1. The summed E-state index contributed by atoms with van der Waals surface area (Å²) in [7, 11) is -3.88. The number of aryl methyl sites for hydroxylation is 1. The maximum Gasteiger partial charge on any atom is 0.283 e. The van der Waals surface area contributed by atoms with E-state index >= 15 is 0 Å². The van der Waals surface area contributed by atoms with Crippen LogP contribution in [-0.2, 0) is 10.0 Å². The lowest BCUT2D eigenvalue weighted by Gasteiger charge is -2.34. The van der Waals surface area contributed by atoms with Crippen LogP contribution in [0.4, 0.5) is 10.2 Å². The van der Waals surface area contributed by atoms with Gasteiger partial charge >= 0.3 is 0 Å². The van der Waals surface area contributed by atoms with Crippen LogP contribution in [0.15, 0.2) is 47.4 Å². The Morgan fingerprint density at radius 2 is 1.84 bits per heavy atom. The molecule has 130 valence electrons. The normalized spacial score (nSPS) is 15.6. The standard InChI is InChI=1S/C17H15ClFN3O2S/c1-11-5-7-13(8-6-11)25(23,24)22-15-4-2-3-14(18)16(15)17(20-22)21-9-12(19)10-21/h2-8,12H,9-10H2,1H3. The minimum Gasteiger partial charge on any atom is -0.349 e. The highest BCUT2D eigenvalue weighted by Gasteiger charge is 2.33. The number of aromatic nitrogens is 2.